The first kappa shape index (κ1) is 15.3. The number of benzene rings is 2. The monoisotopic (exact) mass is 344 g/mol. The maximum Gasteiger partial charge on any atom is 0.226 e. The Labute approximate surface area is 151 Å². The second-order valence-corrected chi connectivity index (χ2v) is 8.00. The fourth-order valence-electron chi connectivity index (χ4n) is 4.23. The number of ketones is 1. The molecule has 0 bridgehead atoms. The van der Waals surface area contributed by atoms with Crippen molar-refractivity contribution in [2.45, 2.75) is 32.7 Å². The van der Waals surface area contributed by atoms with Gasteiger partial charge in [0.05, 0.1) is 0 Å². The molecule has 0 spiro atoms. The predicted octanol–water partition coefficient (Wildman–Crippen LogP) is 4.09. The molecule has 1 N–H and O–H groups in total. The lowest BCUT2D eigenvalue weighted by Crippen LogP contribution is -2.36. The number of hydrogen-bond donors (Lipinski definition) is 1. The molecular weight excluding hydrogens is 324 g/mol. The molecule has 0 saturated carbocycles. The van der Waals surface area contributed by atoms with Crippen molar-refractivity contribution in [2.75, 3.05) is 5.32 Å². The van der Waals surface area contributed by atoms with Gasteiger partial charge in [-0.3, -0.25) is 4.79 Å². The van der Waals surface area contributed by atoms with Crippen LogP contribution in [0.1, 0.15) is 38.3 Å². The topological polar surface area (TPSA) is 59.8 Å². The van der Waals surface area contributed by atoms with Crippen LogP contribution in [0, 0.1) is 5.41 Å². The SMILES string of the molecule is CC1(C)CC(=O)C2=C(C1)Nc1ncnn1[C@@H]2c1ccc2ccccc2c1. The van der Waals surface area contributed by atoms with Gasteiger partial charge in [-0.25, -0.2) is 4.68 Å². The zero-order valence-electron chi connectivity index (χ0n) is 14.9. The predicted molar refractivity (Wildman–Crippen MR) is 101 cm³/mol. The molecule has 2 aromatic carbocycles. The number of fused-ring (bicyclic) bond motifs is 2. The van der Waals surface area contributed by atoms with Gasteiger partial charge >= 0.3 is 0 Å². The van der Waals surface area contributed by atoms with E-state index >= 15 is 0 Å². The van der Waals surface area contributed by atoms with Crippen LogP contribution in [0.5, 0.6) is 0 Å². The lowest BCUT2D eigenvalue weighted by Gasteiger charge is -2.38. The van der Waals surface area contributed by atoms with Crippen LogP contribution in [0.2, 0.25) is 0 Å². The van der Waals surface area contributed by atoms with Gasteiger partial charge in [0.2, 0.25) is 5.95 Å². The Morgan fingerprint density at radius 3 is 2.77 bits per heavy atom. The first-order chi connectivity index (χ1) is 12.5. The largest absolute Gasteiger partial charge is 0.328 e. The van der Waals surface area contributed by atoms with Crippen molar-refractivity contribution in [1.29, 1.82) is 0 Å². The molecule has 1 atom stereocenters. The smallest absolute Gasteiger partial charge is 0.226 e. The number of rotatable bonds is 1. The number of nitrogens with zero attached hydrogens (tertiary/aromatic N) is 3. The van der Waals surface area contributed by atoms with E-state index in [1.165, 1.54) is 5.39 Å². The highest BCUT2D eigenvalue weighted by Gasteiger charge is 2.41. The Morgan fingerprint density at radius 2 is 1.92 bits per heavy atom. The van der Waals surface area contributed by atoms with Crippen LogP contribution in [0.3, 0.4) is 0 Å². The van der Waals surface area contributed by atoms with Crippen LogP contribution in [-0.4, -0.2) is 20.5 Å². The van der Waals surface area contributed by atoms with Crippen molar-refractivity contribution in [2.24, 2.45) is 5.41 Å². The summed E-state index contributed by atoms with van der Waals surface area (Å²) in [6.07, 6.45) is 2.94. The summed E-state index contributed by atoms with van der Waals surface area (Å²) in [5.74, 6) is 0.899. The standard InChI is InChI=1S/C21H20N4O/c1-21(2)10-16-18(17(26)11-21)19(25-20(24-16)22-12-23-25)15-8-7-13-5-3-4-6-14(13)9-15/h3-9,12,19H,10-11H2,1-2H3,(H,22,23,24)/t19-/m1/s1. The number of Topliss-reactive ketones (excluding diaryl/α,β-unsaturated/α-hetero) is 1. The maximum absolute atomic E-state index is 13.1. The molecule has 0 amide bonds. The zero-order valence-corrected chi connectivity index (χ0v) is 14.9. The number of carbonyl (C=O) groups excluding carboxylic acids is 1. The molecule has 1 aromatic heterocycles. The summed E-state index contributed by atoms with van der Waals surface area (Å²) in [6.45, 7) is 4.28. The highest BCUT2D eigenvalue weighted by atomic mass is 16.1. The van der Waals surface area contributed by atoms with E-state index in [-0.39, 0.29) is 17.2 Å². The van der Waals surface area contributed by atoms with E-state index in [9.17, 15) is 4.79 Å². The van der Waals surface area contributed by atoms with Crippen LogP contribution in [0.15, 0.2) is 60.1 Å². The molecule has 1 aliphatic carbocycles. The van der Waals surface area contributed by atoms with E-state index in [2.05, 4.69) is 59.6 Å². The van der Waals surface area contributed by atoms with Gasteiger partial charge in [-0.2, -0.15) is 10.1 Å². The summed E-state index contributed by atoms with van der Waals surface area (Å²) in [5, 5.41) is 10.1. The van der Waals surface area contributed by atoms with Gasteiger partial charge in [0, 0.05) is 17.7 Å². The van der Waals surface area contributed by atoms with Crippen LogP contribution in [0.25, 0.3) is 10.8 Å². The minimum Gasteiger partial charge on any atom is -0.328 e. The fourth-order valence-corrected chi connectivity index (χ4v) is 4.23. The van der Waals surface area contributed by atoms with Crippen LogP contribution < -0.4 is 5.32 Å². The molecule has 26 heavy (non-hydrogen) atoms. The van der Waals surface area contributed by atoms with Crippen molar-refractivity contribution < 1.29 is 4.79 Å². The van der Waals surface area contributed by atoms with Crippen LogP contribution >= 0.6 is 0 Å². The maximum atomic E-state index is 13.1. The number of carbonyl (C=O) groups is 1. The van der Waals surface area contributed by atoms with Crippen molar-refractivity contribution in [1.82, 2.24) is 14.8 Å². The van der Waals surface area contributed by atoms with Gasteiger partial charge in [-0.1, -0.05) is 50.2 Å². The average molecular weight is 344 g/mol. The Morgan fingerprint density at radius 1 is 1.12 bits per heavy atom. The fraction of sp³-hybridized carbons (Fsp3) is 0.286. The zero-order chi connectivity index (χ0) is 17.9. The summed E-state index contributed by atoms with van der Waals surface area (Å²) in [7, 11) is 0. The van der Waals surface area contributed by atoms with Crippen LogP contribution in [0.4, 0.5) is 5.95 Å². The normalized spacial score (nSPS) is 21.3. The van der Waals surface area contributed by atoms with Crippen molar-refractivity contribution in [3.63, 3.8) is 0 Å². The average Bonchev–Trinajstić information content (AvgIpc) is 3.06. The van der Waals surface area contributed by atoms with Crippen molar-refractivity contribution in [3.05, 3.63) is 65.6 Å². The van der Waals surface area contributed by atoms with Gasteiger partial charge in [0.1, 0.15) is 12.4 Å². The molecule has 130 valence electrons. The Hall–Kier alpha value is -2.95. The molecule has 2 heterocycles. The van der Waals surface area contributed by atoms with Gasteiger partial charge in [-0.05, 0) is 34.2 Å². The van der Waals surface area contributed by atoms with E-state index in [4.69, 9.17) is 0 Å². The summed E-state index contributed by atoms with van der Waals surface area (Å²) >= 11 is 0. The third-order valence-electron chi connectivity index (χ3n) is 5.36. The minimum absolute atomic E-state index is 0.0426. The Bertz CT molecular complexity index is 1080. The second kappa shape index (κ2) is 5.27. The summed E-state index contributed by atoms with van der Waals surface area (Å²) in [4.78, 5) is 17.4. The summed E-state index contributed by atoms with van der Waals surface area (Å²) in [5.41, 5.74) is 2.85. The third-order valence-corrected chi connectivity index (χ3v) is 5.36. The second-order valence-electron chi connectivity index (χ2n) is 8.00. The first-order valence-electron chi connectivity index (χ1n) is 8.93. The molecule has 3 aromatic rings. The van der Waals surface area contributed by atoms with Gasteiger partial charge < -0.3 is 5.32 Å². The molecular formula is C21H20N4O. The molecule has 0 radical (unpaired) electrons. The molecule has 0 unspecified atom stereocenters. The van der Waals surface area contributed by atoms with Crippen molar-refractivity contribution in [3.8, 4) is 0 Å². The van der Waals surface area contributed by atoms with Gasteiger partial charge in [0.25, 0.3) is 0 Å². The van der Waals surface area contributed by atoms with Gasteiger partial charge in [-0.15, -0.1) is 0 Å². The quantitative estimate of drug-likeness (QED) is 0.722. The summed E-state index contributed by atoms with van der Waals surface area (Å²) < 4.78 is 1.83. The Balaban J connectivity index is 1.72. The molecule has 5 rings (SSSR count). The lowest BCUT2D eigenvalue weighted by molar-refractivity contribution is -0.118. The van der Waals surface area contributed by atoms with E-state index in [0.29, 0.717) is 12.4 Å². The van der Waals surface area contributed by atoms with Gasteiger partial charge in [0.15, 0.2) is 5.78 Å². The number of anilines is 1. The van der Waals surface area contributed by atoms with E-state index in [1.54, 1.807) is 6.33 Å². The van der Waals surface area contributed by atoms with Crippen molar-refractivity contribution >= 4 is 22.5 Å². The minimum atomic E-state index is -0.225. The molecule has 2 aliphatic rings. The van der Waals surface area contributed by atoms with E-state index in [1.807, 2.05) is 16.8 Å². The first-order valence-corrected chi connectivity index (χ1v) is 8.93. The molecule has 5 nitrogen and oxygen atoms in total. The number of nitrogens with one attached hydrogen (secondary N) is 1. The summed E-state index contributed by atoms with van der Waals surface area (Å²) in [6, 6.07) is 14.4. The highest BCUT2D eigenvalue weighted by molar-refractivity contribution is 6.00. The van der Waals surface area contributed by atoms with Crippen LogP contribution in [-0.2, 0) is 4.79 Å². The lowest BCUT2D eigenvalue weighted by atomic mass is 9.73. The molecule has 0 fully saturated rings. The van der Waals surface area contributed by atoms with E-state index < -0.39 is 0 Å². The number of allylic oxidation sites excluding steroid dienone is 2. The Kier molecular flexibility index (Phi) is 3.11. The highest BCUT2D eigenvalue weighted by Crippen LogP contribution is 2.45. The molecule has 0 saturated heterocycles. The molecule has 1 aliphatic heterocycles. The molecule has 5 heteroatoms. The van der Waals surface area contributed by atoms with E-state index in [0.717, 1.165) is 28.6 Å². The third kappa shape index (κ3) is 2.27. The number of aromatic nitrogens is 3. The number of hydrogen-bond acceptors (Lipinski definition) is 4.